The number of hydrogen-bond acceptors (Lipinski definition) is 3. The molecule has 0 unspecified atom stereocenters. The van der Waals surface area contributed by atoms with Gasteiger partial charge in [0, 0.05) is 5.56 Å². The number of methoxy groups -OCH3 is 2. The molecule has 1 N–H and O–H groups in total. The van der Waals surface area contributed by atoms with Gasteiger partial charge in [-0.3, -0.25) is 0 Å². The Kier molecular flexibility index (Phi) is 3.37. The van der Waals surface area contributed by atoms with E-state index in [1.807, 2.05) is 0 Å². The lowest BCUT2D eigenvalue weighted by Gasteiger charge is -2.08. The number of benzene rings is 1. The van der Waals surface area contributed by atoms with Crippen LogP contribution in [0.5, 0.6) is 11.5 Å². The van der Waals surface area contributed by atoms with E-state index in [0.717, 1.165) is 6.20 Å². The van der Waals surface area contributed by atoms with E-state index in [1.54, 1.807) is 18.2 Å². The number of nitrogens with one attached hydrogen (secondary N) is 1. The summed E-state index contributed by atoms with van der Waals surface area (Å²) in [6.45, 7) is 0. The van der Waals surface area contributed by atoms with Crippen molar-refractivity contribution >= 4 is 0 Å². The first-order valence-corrected chi connectivity index (χ1v) is 5.30. The molecule has 4 nitrogen and oxygen atoms in total. The summed E-state index contributed by atoms with van der Waals surface area (Å²) in [6.07, 6.45) is -3.69. The molecule has 7 heteroatoms. The number of H-pyrrole nitrogens is 1. The van der Waals surface area contributed by atoms with Crippen LogP contribution in [0.15, 0.2) is 24.4 Å². The van der Waals surface area contributed by atoms with Gasteiger partial charge in [-0.05, 0) is 18.2 Å². The first-order chi connectivity index (χ1) is 8.95. The van der Waals surface area contributed by atoms with Crippen molar-refractivity contribution in [2.24, 2.45) is 0 Å². The normalized spacial score (nSPS) is 11.4. The average Bonchev–Trinajstić information content (AvgIpc) is 2.87. The molecule has 102 valence electrons. The van der Waals surface area contributed by atoms with E-state index in [0.29, 0.717) is 17.1 Å². The van der Waals surface area contributed by atoms with E-state index in [-0.39, 0.29) is 5.82 Å². The van der Waals surface area contributed by atoms with Crippen LogP contribution in [-0.2, 0) is 6.18 Å². The zero-order valence-electron chi connectivity index (χ0n) is 10.2. The minimum Gasteiger partial charge on any atom is -0.493 e. The Hall–Kier alpha value is -2.18. The van der Waals surface area contributed by atoms with E-state index in [2.05, 4.69) is 9.97 Å². The molecular formula is C12H11F3N2O2. The second-order valence-electron chi connectivity index (χ2n) is 3.71. The molecule has 0 aliphatic rings. The molecule has 0 saturated carbocycles. The number of alkyl halides is 3. The van der Waals surface area contributed by atoms with Crippen LogP contribution < -0.4 is 9.47 Å². The molecule has 0 fully saturated rings. The predicted molar refractivity (Wildman–Crippen MR) is 62.1 cm³/mol. The monoisotopic (exact) mass is 272 g/mol. The van der Waals surface area contributed by atoms with Crippen LogP contribution >= 0.6 is 0 Å². The van der Waals surface area contributed by atoms with Gasteiger partial charge < -0.3 is 14.5 Å². The highest BCUT2D eigenvalue weighted by molar-refractivity contribution is 5.61. The van der Waals surface area contributed by atoms with Gasteiger partial charge in [0.15, 0.2) is 11.5 Å². The van der Waals surface area contributed by atoms with Crippen molar-refractivity contribution in [1.29, 1.82) is 0 Å². The summed E-state index contributed by atoms with van der Waals surface area (Å²) < 4.78 is 47.5. The Morgan fingerprint density at radius 2 is 1.79 bits per heavy atom. The molecule has 0 aliphatic heterocycles. The third-order valence-corrected chi connectivity index (χ3v) is 2.54. The molecule has 0 radical (unpaired) electrons. The van der Waals surface area contributed by atoms with Gasteiger partial charge in [-0.15, -0.1) is 0 Å². The number of ether oxygens (including phenoxy) is 2. The van der Waals surface area contributed by atoms with Crippen molar-refractivity contribution < 1.29 is 22.6 Å². The summed E-state index contributed by atoms with van der Waals surface area (Å²) in [7, 11) is 2.93. The molecule has 1 aromatic carbocycles. The van der Waals surface area contributed by atoms with E-state index in [4.69, 9.17) is 9.47 Å². The Labute approximate surface area is 107 Å². The quantitative estimate of drug-likeness (QED) is 0.933. The van der Waals surface area contributed by atoms with Crippen molar-refractivity contribution in [3.8, 4) is 22.9 Å². The van der Waals surface area contributed by atoms with E-state index in [9.17, 15) is 13.2 Å². The topological polar surface area (TPSA) is 47.1 Å². The maximum Gasteiger partial charge on any atom is 0.432 e. The molecule has 0 spiro atoms. The highest BCUT2D eigenvalue weighted by Crippen LogP contribution is 2.33. The average molecular weight is 272 g/mol. The highest BCUT2D eigenvalue weighted by atomic mass is 19.4. The van der Waals surface area contributed by atoms with E-state index < -0.39 is 11.9 Å². The van der Waals surface area contributed by atoms with Crippen LogP contribution in [-0.4, -0.2) is 24.2 Å². The largest absolute Gasteiger partial charge is 0.493 e. The fourth-order valence-corrected chi connectivity index (χ4v) is 1.60. The molecule has 2 rings (SSSR count). The molecular weight excluding hydrogens is 261 g/mol. The van der Waals surface area contributed by atoms with Crippen LogP contribution in [0, 0.1) is 0 Å². The Bertz CT molecular complexity index is 579. The van der Waals surface area contributed by atoms with E-state index in [1.165, 1.54) is 14.2 Å². The summed E-state index contributed by atoms with van der Waals surface area (Å²) in [5, 5.41) is 0. The van der Waals surface area contributed by atoms with Crippen molar-refractivity contribution in [3.63, 3.8) is 0 Å². The smallest absolute Gasteiger partial charge is 0.432 e. The SMILES string of the molecule is COc1ccc(-c2ncc(C(F)(F)F)[nH]2)cc1OC. The maximum atomic E-state index is 12.5. The summed E-state index contributed by atoms with van der Waals surface area (Å²) in [5.74, 6) is 1.03. The van der Waals surface area contributed by atoms with Crippen LogP contribution in [0.4, 0.5) is 13.2 Å². The molecule has 0 amide bonds. The lowest BCUT2D eigenvalue weighted by molar-refractivity contribution is -0.140. The summed E-state index contributed by atoms with van der Waals surface area (Å²) in [6, 6.07) is 4.75. The number of halogens is 3. The molecule has 0 saturated heterocycles. The molecule has 1 heterocycles. The van der Waals surface area contributed by atoms with Crippen LogP contribution in [0.3, 0.4) is 0 Å². The van der Waals surface area contributed by atoms with Crippen molar-refractivity contribution in [1.82, 2.24) is 9.97 Å². The molecule has 2 aromatic rings. The number of rotatable bonds is 3. The molecule has 0 bridgehead atoms. The van der Waals surface area contributed by atoms with Crippen molar-refractivity contribution in [2.45, 2.75) is 6.18 Å². The van der Waals surface area contributed by atoms with Gasteiger partial charge in [0.1, 0.15) is 11.5 Å². The van der Waals surface area contributed by atoms with Gasteiger partial charge in [-0.25, -0.2) is 4.98 Å². The Morgan fingerprint density at radius 3 is 2.32 bits per heavy atom. The minimum absolute atomic E-state index is 0.119. The highest BCUT2D eigenvalue weighted by Gasteiger charge is 2.33. The summed E-state index contributed by atoms with van der Waals surface area (Å²) >= 11 is 0. The lowest BCUT2D eigenvalue weighted by atomic mass is 10.2. The van der Waals surface area contributed by atoms with Crippen molar-refractivity contribution in [3.05, 3.63) is 30.1 Å². The number of aromatic nitrogens is 2. The molecule has 19 heavy (non-hydrogen) atoms. The number of nitrogens with zero attached hydrogens (tertiary/aromatic N) is 1. The zero-order chi connectivity index (χ0) is 14.0. The molecule has 0 atom stereocenters. The summed E-state index contributed by atoms with van der Waals surface area (Å²) in [4.78, 5) is 5.94. The van der Waals surface area contributed by atoms with Crippen LogP contribution in [0.25, 0.3) is 11.4 Å². The first kappa shape index (κ1) is 13.3. The third kappa shape index (κ3) is 2.64. The standard InChI is InChI=1S/C12H11F3N2O2/c1-18-8-4-3-7(5-9(8)19-2)11-16-6-10(17-11)12(13,14)15/h3-6H,1-2H3,(H,16,17). The van der Waals surface area contributed by atoms with Gasteiger partial charge in [0.25, 0.3) is 0 Å². The van der Waals surface area contributed by atoms with Gasteiger partial charge in [-0.1, -0.05) is 0 Å². The fraction of sp³-hybridized carbons (Fsp3) is 0.250. The fourth-order valence-electron chi connectivity index (χ4n) is 1.60. The van der Waals surface area contributed by atoms with Gasteiger partial charge >= 0.3 is 6.18 Å². The van der Waals surface area contributed by atoms with Gasteiger partial charge in [-0.2, -0.15) is 13.2 Å². The predicted octanol–water partition coefficient (Wildman–Crippen LogP) is 3.11. The lowest BCUT2D eigenvalue weighted by Crippen LogP contribution is -2.04. The van der Waals surface area contributed by atoms with E-state index >= 15 is 0 Å². The van der Waals surface area contributed by atoms with Crippen LogP contribution in [0.2, 0.25) is 0 Å². The Balaban J connectivity index is 2.39. The molecule has 0 aliphatic carbocycles. The number of hydrogen-bond donors (Lipinski definition) is 1. The second kappa shape index (κ2) is 4.83. The second-order valence-corrected chi connectivity index (χ2v) is 3.71. The maximum absolute atomic E-state index is 12.5. The first-order valence-electron chi connectivity index (χ1n) is 5.30. The number of aromatic amines is 1. The number of imidazole rings is 1. The zero-order valence-corrected chi connectivity index (χ0v) is 10.2. The van der Waals surface area contributed by atoms with Crippen LogP contribution in [0.1, 0.15) is 5.69 Å². The van der Waals surface area contributed by atoms with Crippen molar-refractivity contribution in [2.75, 3.05) is 14.2 Å². The summed E-state index contributed by atoms with van der Waals surface area (Å²) in [5.41, 5.74) is -0.412. The minimum atomic E-state index is -4.44. The molecule has 1 aromatic heterocycles. The van der Waals surface area contributed by atoms with Gasteiger partial charge in [0.2, 0.25) is 0 Å². The van der Waals surface area contributed by atoms with Gasteiger partial charge in [0.05, 0.1) is 20.4 Å². The third-order valence-electron chi connectivity index (χ3n) is 2.54. The Morgan fingerprint density at radius 1 is 1.11 bits per heavy atom.